The van der Waals surface area contributed by atoms with E-state index in [2.05, 4.69) is 20.3 Å². The van der Waals surface area contributed by atoms with Crippen molar-refractivity contribution in [3.63, 3.8) is 0 Å². The number of rotatable bonds is 3. The number of anilines is 3. The molecule has 1 aromatic rings. The van der Waals surface area contributed by atoms with Crippen molar-refractivity contribution in [3.8, 4) is 0 Å². The first kappa shape index (κ1) is 13.8. The highest BCUT2D eigenvalue weighted by Crippen LogP contribution is 2.24. The van der Waals surface area contributed by atoms with E-state index in [-0.39, 0.29) is 0 Å². The molecule has 1 fully saturated rings. The maximum absolute atomic E-state index is 10.2. The molecule has 0 saturated carbocycles. The first-order valence-corrected chi connectivity index (χ1v) is 6.50. The molecular weight excluding hydrogens is 244 g/mol. The molecule has 1 unspecified atom stereocenters. The van der Waals surface area contributed by atoms with Crippen LogP contribution in [-0.2, 0) is 0 Å². The molecular formula is C12H22N6O. The van der Waals surface area contributed by atoms with Crippen LogP contribution in [0.15, 0.2) is 0 Å². The predicted molar refractivity (Wildman–Crippen MR) is 75.8 cm³/mol. The number of aliphatic hydroxyl groups is 1. The molecule has 19 heavy (non-hydrogen) atoms. The summed E-state index contributed by atoms with van der Waals surface area (Å²) < 4.78 is 0. The van der Waals surface area contributed by atoms with E-state index in [1.54, 1.807) is 7.05 Å². The number of nitrogens with zero attached hydrogens (tertiary/aromatic N) is 5. The zero-order valence-electron chi connectivity index (χ0n) is 12.0. The molecule has 2 N–H and O–H groups in total. The van der Waals surface area contributed by atoms with Gasteiger partial charge in [0.05, 0.1) is 5.60 Å². The first-order valence-electron chi connectivity index (χ1n) is 6.50. The quantitative estimate of drug-likeness (QED) is 0.816. The highest BCUT2D eigenvalue weighted by molar-refractivity contribution is 5.44. The average molecular weight is 266 g/mol. The van der Waals surface area contributed by atoms with Crippen LogP contribution < -0.4 is 15.1 Å². The van der Waals surface area contributed by atoms with E-state index in [1.807, 2.05) is 30.8 Å². The number of hydrogen-bond acceptors (Lipinski definition) is 7. The zero-order chi connectivity index (χ0) is 14.0. The maximum atomic E-state index is 10.2. The third-order valence-electron chi connectivity index (χ3n) is 3.19. The topological polar surface area (TPSA) is 77.4 Å². The fourth-order valence-corrected chi connectivity index (χ4v) is 2.20. The Hall–Kier alpha value is -1.63. The van der Waals surface area contributed by atoms with Crippen LogP contribution >= 0.6 is 0 Å². The van der Waals surface area contributed by atoms with Crippen molar-refractivity contribution in [1.82, 2.24) is 15.0 Å². The number of piperidine rings is 1. The van der Waals surface area contributed by atoms with Gasteiger partial charge in [-0.15, -0.1) is 0 Å². The third kappa shape index (κ3) is 3.23. The van der Waals surface area contributed by atoms with Crippen molar-refractivity contribution >= 4 is 17.8 Å². The summed E-state index contributed by atoms with van der Waals surface area (Å²) in [6.07, 6.45) is 1.75. The summed E-state index contributed by atoms with van der Waals surface area (Å²) in [5.41, 5.74) is -0.678. The fraction of sp³-hybridized carbons (Fsp3) is 0.750. The monoisotopic (exact) mass is 266 g/mol. The lowest BCUT2D eigenvalue weighted by Gasteiger charge is -2.36. The number of hydrogen-bond donors (Lipinski definition) is 2. The second-order valence-corrected chi connectivity index (χ2v) is 5.43. The molecule has 0 bridgehead atoms. The Balaban J connectivity index is 2.30. The second kappa shape index (κ2) is 5.16. The molecule has 2 rings (SSSR count). The average Bonchev–Trinajstić information content (AvgIpc) is 2.37. The van der Waals surface area contributed by atoms with Crippen molar-refractivity contribution in [2.75, 3.05) is 49.3 Å². The Kier molecular flexibility index (Phi) is 3.75. The molecule has 2 heterocycles. The van der Waals surface area contributed by atoms with E-state index in [4.69, 9.17) is 0 Å². The summed E-state index contributed by atoms with van der Waals surface area (Å²) in [5.74, 6) is 1.77. The van der Waals surface area contributed by atoms with Gasteiger partial charge >= 0.3 is 0 Å². The SMILES string of the molecule is CNc1nc(N(C)C)nc(N2CCCC(C)(O)C2)n1. The summed E-state index contributed by atoms with van der Waals surface area (Å²) in [4.78, 5) is 17.0. The molecule has 7 nitrogen and oxygen atoms in total. The molecule has 1 aliphatic rings. The molecule has 7 heteroatoms. The summed E-state index contributed by atoms with van der Waals surface area (Å²) in [5, 5.41) is 13.1. The van der Waals surface area contributed by atoms with Gasteiger partial charge < -0.3 is 20.2 Å². The molecule has 0 amide bonds. The highest BCUT2D eigenvalue weighted by atomic mass is 16.3. The minimum absolute atomic E-state index is 0.541. The van der Waals surface area contributed by atoms with Crippen molar-refractivity contribution in [2.24, 2.45) is 0 Å². The minimum Gasteiger partial charge on any atom is -0.388 e. The van der Waals surface area contributed by atoms with Gasteiger partial charge in [0.15, 0.2) is 0 Å². The lowest BCUT2D eigenvalue weighted by molar-refractivity contribution is 0.0444. The van der Waals surface area contributed by atoms with Crippen molar-refractivity contribution < 1.29 is 5.11 Å². The summed E-state index contributed by atoms with van der Waals surface area (Å²) >= 11 is 0. The van der Waals surface area contributed by atoms with E-state index in [1.165, 1.54) is 0 Å². The molecule has 0 aromatic carbocycles. The predicted octanol–water partition coefficient (Wildman–Crippen LogP) is 0.330. The van der Waals surface area contributed by atoms with Gasteiger partial charge in [0.25, 0.3) is 0 Å². The summed E-state index contributed by atoms with van der Waals surface area (Å²) in [6, 6.07) is 0. The molecule has 0 spiro atoms. The minimum atomic E-state index is -0.678. The van der Waals surface area contributed by atoms with Gasteiger partial charge in [-0.1, -0.05) is 0 Å². The van der Waals surface area contributed by atoms with E-state index < -0.39 is 5.60 Å². The standard InChI is InChI=1S/C12H22N6O/c1-12(19)6-5-7-18(8-12)11-15-9(13-2)14-10(16-11)17(3)4/h19H,5-8H2,1-4H3,(H,13,14,15,16). The number of nitrogens with one attached hydrogen (secondary N) is 1. The zero-order valence-corrected chi connectivity index (χ0v) is 12.0. The highest BCUT2D eigenvalue weighted by Gasteiger charge is 2.30. The maximum Gasteiger partial charge on any atom is 0.232 e. The molecule has 1 saturated heterocycles. The van der Waals surface area contributed by atoms with Crippen molar-refractivity contribution in [2.45, 2.75) is 25.4 Å². The molecule has 106 valence electrons. The smallest absolute Gasteiger partial charge is 0.232 e. The molecule has 1 atom stereocenters. The lowest BCUT2D eigenvalue weighted by Crippen LogP contribution is -2.47. The number of β-amino-alcohol motifs (C(OH)–C–C–N with tert-alkyl or cyclic N) is 1. The van der Waals surface area contributed by atoms with Gasteiger partial charge in [-0.3, -0.25) is 0 Å². The van der Waals surface area contributed by atoms with Crippen molar-refractivity contribution in [3.05, 3.63) is 0 Å². The van der Waals surface area contributed by atoms with Gasteiger partial charge in [0.2, 0.25) is 17.8 Å². The molecule has 0 aliphatic carbocycles. The molecule has 1 aliphatic heterocycles. The summed E-state index contributed by atoms with van der Waals surface area (Å²) in [6.45, 7) is 3.26. The normalized spacial score (nSPS) is 23.3. The Morgan fingerprint density at radius 3 is 2.63 bits per heavy atom. The van der Waals surface area contributed by atoms with E-state index >= 15 is 0 Å². The number of aromatic nitrogens is 3. The van der Waals surface area contributed by atoms with Crippen LogP contribution in [0.3, 0.4) is 0 Å². The van der Waals surface area contributed by atoms with Gasteiger partial charge in [0, 0.05) is 34.2 Å². The van der Waals surface area contributed by atoms with Crippen LogP contribution in [0.1, 0.15) is 19.8 Å². The Labute approximate surface area is 113 Å². The van der Waals surface area contributed by atoms with Gasteiger partial charge in [-0.2, -0.15) is 15.0 Å². The largest absolute Gasteiger partial charge is 0.388 e. The van der Waals surface area contributed by atoms with Crippen LogP contribution in [0, 0.1) is 0 Å². The Morgan fingerprint density at radius 2 is 2.05 bits per heavy atom. The first-order chi connectivity index (χ1) is 8.91. The van der Waals surface area contributed by atoms with E-state index in [9.17, 15) is 5.11 Å². The van der Waals surface area contributed by atoms with Crippen LogP contribution in [0.5, 0.6) is 0 Å². The fourth-order valence-electron chi connectivity index (χ4n) is 2.20. The van der Waals surface area contributed by atoms with E-state index in [0.29, 0.717) is 24.4 Å². The van der Waals surface area contributed by atoms with Crippen LogP contribution in [0.25, 0.3) is 0 Å². The van der Waals surface area contributed by atoms with E-state index in [0.717, 1.165) is 19.4 Å². The second-order valence-electron chi connectivity index (χ2n) is 5.43. The van der Waals surface area contributed by atoms with Gasteiger partial charge in [-0.05, 0) is 19.8 Å². The van der Waals surface area contributed by atoms with Crippen LogP contribution in [0.4, 0.5) is 17.8 Å². The van der Waals surface area contributed by atoms with Gasteiger partial charge in [-0.25, -0.2) is 0 Å². The molecule has 0 radical (unpaired) electrons. The van der Waals surface area contributed by atoms with Crippen LogP contribution in [0.2, 0.25) is 0 Å². The molecule has 1 aromatic heterocycles. The Morgan fingerprint density at radius 1 is 1.32 bits per heavy atom. The van der Waals surface area contributed by atoms with Gasteiger partial charge in [0.1, 0.15) is 0 Å². The summed E-state index contributed by atoms with van der Waals surface area (Å²) in [7, 11) is 5.57. The van der Waals surface area contributed by atoms with Crippen molar-refractivity contribution in [1.29, 1.82) is 0 Å². The Bertz CT molecular complexity index is 448. The third-order valence-corrected chi connectivity index (χ3v) is 3.19. The lowest BCUT2D eigenvalue weighted by atomic mass is 9.95. The van der Waals surface area contributed by atoms with Crippen LogP contribution in [-0.4, -0.2) is 59.9 Å².